The van der Waals surface area contributed by atoms with Crippen molar-refractivity contribution in [3.8, 4) is 11.5 Å². The fourth-order valence-electron chi connectivity index (χ4n) is 2.22. The molecule has 0 unspecified atom stereocenters. The lowest BCUT2D eigenvalue weighted by Crippen LogP contribution is -1.96. The summed E-state index contributed by atoms with van der Waals surface area (Å²) in [6, 6.07) is 9.57. The highest BCUT2D eigenvalue weighted by Gasteiger charge is 2.14. The molecule has 0 radical (unpaired) electrons. The maximum Gasteiger partial charge on any atom is 0.226 e. The molecule has 1 aromatic carbocycles. The number of hydrogen-bond acceptors (Lipinski definition) is 4. The van der Waals surface area contributed by atoms with E-state index < -0.39 is 0 Å². The van der Waals surface area contributed by atoms with Crippen LogP contribution in [0.4, 0.5) is 0 Å². The van der Waals surface area contributed by atoms with Gasteiger partial charge in [0.05, 0.1) is 5.52 Å². The van der Waals surface area contributed by atoms with Crippen LogP contribution in [-0.2, 0) is 7.05 Å². The predicted molar refractivity (Wildman–Crippen MR) is 75.5 cm³/mol. The smallest absolute Gasteiger partial charge is 0.226 e. The number of aromatic nitrogens is 6. The second-order valence-electron chi connectivity index (χ2n) is 4.41. The second kappa shape index (κ2) is 4.01. The van der Waals surface area contributed by atoms with Crippen molar-refractivity contribution in [2.45, 2.75) is 0 Å². The van der Waals surface area contributed by atoms with Gasteiger partial charge in [0.15, 0.2) is 5.65 Å². The number of fused-ring (bicyclic) bond motifs is 3. The summed E-state index contributed by atoms with van der Waals surface area (Å²) >= 11 is 6.18. The molecule has 0 saturated carbocycles. The molecule has 0 aliphatic carbocycles. The minimum absolute atomic E-state index is 0.291. The van der Waals surface area contributed by atoms with Crippen LogP contribution >= 0.6 is 11.6 Å². The standard InChI is InChI=1S/C13H9ClN6/c1-19-10(6-7-15-19)11-17-12-8-4-2-3-5-9(8)16-13(14)20(12)18-11/h2-7H,1H3. The number of para-hydroxylation sites is 1. The third kappa shape index (κ3) is 1.51. The summed E-state index contributed by atoms with van der Waals surface area (Å²) in [5.74, 6) is 0.574. The van der Waals surface area contributed by atoms with Gasteiger partial charge in [0.2, 0.25) is 11.1 Å². The topological polar surface area (TPSA) is 60.9 Å². The number of rotatable bonds is 1. The Hall–Kier alpha value is -2.47. The maximum absolute atomic E-state index is 6.18. The van der Waals surface area contributed by atoms with Crippen molar-refractivity contribution in [2.24, 2.45) is 7.05 Å². The molecule has 0 saturated heterocycles. The molecule has 20 heavy (non-hydrogen) atoms. The number of halogens is 1. The first-order chi connectivity index (χ1) is 9.74. The zero-order chi connectivity index (χ0) is 13.7. The molecule has 98 valence electrons. The van der Waals surface area contributed by atoms with Crippen molar-refractivity contribution in [1.29, 1.82) is 0 Å². The predicted octanol–water partition coefficient (Wildman–Crippen LogP) is 2.33. The number of benzene rings is 1. The van der Waals surface area contributed by atoms with Crippen LogP contribution < -0.4 is 0 Å². The van der Waals surface area contributed by atoms with Gasteiger partial charge in [-0.3, -0.25) is 4.68 Å². The van der Waals surface area contributed by atoms with Crippen LogP contribution in [0.25, 0.3) is 28.1 Å². The maximum atomic E-state index is 6.18. The van der Waals surface area contributed by atoms with Gasteiger partial charge in [-0.25, -0.2) is 9.97 Å². The van der Waals surface area contributed by atoms with Crippen LogP contribution in [0.15, 0.2) is 36.5 Å². The Morgan fingerprint density at radius 2 is 1.95 bits per heavy atom. The average molecular weight is 285 g/mol. The Balaban J connectivity index is 2.11. The average Bonchev–Trinajstić information content (AvgIpc) is 3.05. The molecule has 7 heteroatoms. The fraction of sp³-hybridized carbons (Fsp3) is 0.0769. The van der Waals surface area contributed by atoms with Crippen molar-refractivity contribution in [1.82, 2.24) is 29.4 Å². The zero-order valence-electron chi connectivity index (χ0n) is 10.5. The molecular weight excluding hydrogens is 276 g/mol. The van der Waals surface area contributed by atoms with Crippen molar-refractivity contribution in [3.63, 3.8) is 0 Å². The van der Waals surface area contributed by atoms with E-state index in [2.05, 4.69) is 20.2 Å². The van der Waals surface area contributed by atoms with Crippen molar-refractivity contribution >= 4 is 28.2 Å². The molecule has 3 aromatic heterocycles. The molecular formula is C13H9ClN6. The normalized spacial score (nSPS) is 11.5. The first-order valence-electron chi connectivity index (χ1n) is 6.03. The lowest BCUT2D eigenvalue weighted by molar-refractivity contribution is 0.769. The lowest BCUT2D eigenvalue weighted by atomic mass is 10.2. The van der Waals surface area contributed by atoms with Gasteiger partial charge in [0.1, 0.15) is 5.69 Å². The van der Waals surface area contributed by atoms with E-state index in [1.54, 1.807) is 15.4 Å². The molecule has 0 spiro atoms. The second-order valence-corrected chi connectivity index (χ2v) is 4.75. The molecule has 0 bridgehead atoms. The van der Waals surface area contributed by atoms with Crippen LogP contribution in [-0.4, -0.2) is 29.4 Å². The van der Waals surface area contributed by atoms with Gasteiger partial charge in [-0.05, 0) is 29.8 Å². The molecule has 0 amide bonds. The van der Waals surface area contributed by atoms with E-state index in [-0.39, 0.29) is 0 Å². The monoisotopic (exact) mass is 284 g/mol. The zero-order valence-corrected chi connectivity index (χ0v) is 11.3. The van der Waals surface area contributed by atoms with Gasteiger partial charge < -0.3 is 0 Å². The molecule has 0 atom stereocenters. The van der Waals surface area contributed by atoms with Crippen molar-refractivity contribution < 1.29 is 0 Å². The van der Waals surface area contributed by atoms with E-state index in [1.165, 1.54) is 0 Å². The highest BCUT2D eigenvalue weighted by Crippen LogP contribution is 2.23. The number of nitrogens with zero attached hydrogens (tertiary/aromatic N) is 6. The number of aryl methyl sites for hydroxylation is 1. The summed E-state index contributed by atoms with van der Waals surface area (Å²) in [5, 5.41) is 9.75. The Morgan fingerprint density at radius 3 is 2.75 bits per heavy atom. The molecule has 0 aliphatic rings. The summed E-state index contributed by atoms with van der Waals surface area (Å²) in [6.45, 7) is 0. The lowest BCUT2D eigenvalue weighted by Gasteiger charge is -1.99. The van der Waals surface area contributed by atoms with Gasteiger partial charge in [0, 0.05) is 18.6 Å². The molecule has 0 fully saturated rings. The summed E-state index contributed by atoms with van der Waals surface area (Å²) < 4.78 is 3.27. The molecule has 0 N–H and O–H groups in total. The van der Waals surface area contributed by atoms with E-state index in [0.717, 1.165) is 16.6 Å². The van der Waals surface area contributed by atoms with Gasteiger partial charge >= 0.3 is 0 Å². The molecule has 3 heterocycles. The Morgan fingerprint density at radius 1 is 1.10 bits per heavy atom. The van der Waals surface area contributed by atoms with E-state index in [9.17, 15) is 0 Å². The first kappa shape index (κ1) is 11.4. The summed E-state index contributed by atoms with van der Waals surface area (Å²) in [6.07, 6.45) is 1.71. The molecule has 4 rings (SSSR count). The largest absolute Gasteiger partial charge is 0.265 e. The highest BCUT2D eigenvalue weighted by atomic mass is 35.5. The molecule has 4 aromatic rings. The van der Waals surface area contributed by atoms with E-state index in [1.807, 2.05) is 37.4 Å². The van der Waals surface area contributed by atoms with Crippen LogP contribution in [0, 0.1) is 0 Å². The minimum atomic E-state index is 0.291. The van der Waals surface area contributed by atoms with Gasteiger partial charge in [-0.1, -0.05) is 12.1 Å². The van der Waals surface area contributed by atoms with Crippen LogP contribution in [0.2, 0.25) is 5.28 Å². The SMILES string of the molecule is Cn1nccc1-c1nc2c3ccccc3nc(Cl)n2n1. The summed E-state index contributed by atoms with van der Waals surface area (Å²) in [5.41, 5.74) is 2.32. The summed E-state index contributed by atoms with van der Waals surface area (Å²) in [7, 11) is 1.85. The molecule has 6 nitrogen and oxygen atoms in total. The Kier molecular flexibility index (Phi) is 2.28. The van der Waals surface area contributed by atoms with Crippen LogP contribution in [0.1, 0.15) is 0 Å². The van der Waals surface area contributed by atoms with E-state index in [0.29, 0.717) is 16.8 Å². The van der Waals surface area contributed by atoms with Crippen LogP contribution in [0.5, 0.6) is 0 Å². The van der Waals surface area contributed by atoms with Crippen LogP contribution in [0.3, 0.4) is 0 Å². The Bertz CT molecular complexity index is 938. The quantitative estimate of drug-likeness (QED) is 0.503. The van der Waals surface area contributed by atoms with E-state index >= 15 is 0 Å². The van der Waals surface area contributed by atoms with Crippen molar-refractivity contribution in [3.05, 3.63) is 41.8 Å². The third-order valence-corrected chi connectivity index (χ3v) is 3.43. The molecule has 0 aliphatic heterocycles. The van der Waals surface area contributed by atoms with Crippen molar-refractivity contribution in [2.75, 3.05) is 0 Å². The highest BCUT2D eigenvalue weighted by molar-refractivity contribution is 6.29. The summed E-state index contributed by atoms with van der Waals surface area (Å²) in [4.78, 5) is 8.90. The third-order valence-electron chi connectivity index (χ3n) is 3.19. The van der Waals surface area contributed by atoms with Gasteiger partial charge in [-0.15, -0.1) is 5.10 Å². The number of hydrogen-bond donors (Lipinski definition) is 0. The first-order valence-corrected chi connectivity index (χ1v) is 6.41. The minimum Gasteiger partial charge on any atom is -0.265 e. The van der Waals surface area contributed by atoms with E-state index in [4.69, 9.17) is 11.6 Å². The van der Waals surface area contributed by atoms with Gasteiger partial charge in [0.25, 0.3) is 0 Å². The van der Waals surface area contributed by atoms with Gasteiger partial charge in [-0.2, -0.15) is 9.61 Å². The Labute approximate surface area is 118 Å². The fourth-order valence-corrected chi connectivity index (χ4v) is 2.43.